The number of benzene rings is 1. The molecular weight excluding hydrogens is 318 g/mol. The molecule has 0 aliphatic carbocycles. The highest BCUT2D eigenvalue weighted by Gasteiger charge is 2.31. The second-order valence-corrected chi connectivity index (χ2v) is 7.64. The fourth-order valence-corrected chi connectivity index (χ4v) is 4.49. The first-order chi connectivity index (χ1) is 10.9. The Morgan fingerprint density at radius 2 is 2.09 bits per heavy atom. The van der Waals surface area contributed by atoms with Crippen molar-refractivity contribution in [2.45, 2.75) is 44.0 Å². The number of carbonyl (C=O) groups is 1. The lowest BCUT2D eigenvalue weighted by Gasteiger charge is -2.32. The summed E-state index contributed by atoms with van der Waals surface area (Å²) in [6.07, 6.45) is 2.84. The summed E-state index contributed by atoms with van der Waals surface area (Å²) in [5.74, 6) is -0.00992. The Balaban J connectivity index is 2.20. The lowest BCUT2D eigenvalue weighted by molar-refractivity contribution is -0.142. The van der Waals surface area contributed by atoms with Gasteiger partial charge in [0.05, 0.1) is 12.0 Å². The van der Waals surface area contributed by atoms with Gasteiger partial charge in [0, 0.05) is 12.6 Å². The summed E-state index contributed by atoms with van der Waals surface area (Å²) in [6.45, 7) is 4.05. The van der Waals surface area contributed by atoms with E-state index < -0.39 is 16.0 Å². The standard InChI is InChI=1S/C16H23NO5S/c1-12-10-14(7-8-15(12)22-11-16(18)21-3)23(19,20)17-9-5-4-6-13(17)2/h7-8,10,13H,4-6,9,11H2,1-3H3. The molecule has 0 spiro atoms. The van der Waals surface area contributed by atoms with Gasteiger partial charge in [-0.25, -0.2) is 13.2 Å². The first kappa shape index (κ1) is 17.7. The minimum Gasteiger partial charge on any atom is -0.482 e. The molecule has 1 aliphatic rings. The van der Waals surface area contributed by atoms with Crippen molar-refractivity contribution >= 4 is 16.0 Å². The Hall–Kier alpha value is -1.60. The monoisotopic (exact) mass is 341 g/mol. The Bertz CT molecular complexity index is 671. The van der Waals surface area contributed by atoms with Crippen LogP contribution in [0.5, 0.6) is 5.75 Å². The van der Waals surface area contributed by atoms with E-state index in [1.54, 1.807) is 23.4 Å². The maximum atomic E-state index is 12.8. The van der Waals surface area contributed by atoms with Crippen LogP contribution < -0.4 is 4.74 Å². The van der Waals surface area contributed by atoms with Crippen molar-refractivity contribution in [1.82, 2.24) is 4.31 Å². The van der Waals surface area contributed by atoms with Crippen LogP contribution in [-0.2, 0) is 19.6 Å². The molecule has 6 nitrogen and oxygen atoms in total. The highest BCUT2D eigenvalue weighted by molar-refractivity contribution is 7.89. The Kier molecular flexibility index (Phi) is 5.64. The molecule has 0 bridgehead atoms. The summed E-state index contributed by atoms with van der Waals surface area (Å²) in [6, 6.07) is 4.71. The molecule has 0 aromatic heterocycles. The molecule has 1 aromatic rings. The topological polar surface area (TPSA) is 72.9 Å². The van der Waals surface area contributed by atoms with Gasteiger partial charge in [-0.2, -0.15) is 4.31 Å². The van der Waals surface area contributed by atoms with E-state index in [4.69, 9.17) is 4.74 Å². The van der Waals surface area contributed by atoms with Gasteiger partial charge >= 0.3 is 5.97 Å². The minimum atomic E-state index is -3.50. The van der Waals surface area contributed by atoms with Crippen molar-refractivity contribution in [1.29, 1.82) is 0 Å². The average Bonchev–Trinajstić information content (AvgIpc) is 2.53. The van der Waals surface area contributed by atoms with Gasteiger partial charge in [0.25, 0.3) is 0 Å². The summed E-state index contributed by atoms with van der Waals surface area (Å²) in [5.41, 5.74) is 0.666. The summed E-state index contributed by atoms with van der Waals surface area (Å²) in [7, 11) is -2.21. The van der Waals surface area contributed by atoms with Crippen molar-refractivity contribution in [2.24, 2.45) is 0 Å². The predicted octanol–water partition coefficient (Wildman–Crippen LogP) is 2.11. The molecule has 1 fully saturated rings. The zero-order valence-corrected chi connectivity index (χ0v) is 14.6. The highest BCUT2D eigenvalue weighted by Crippen LogP contribution is 2.28. The molecule has 7 heteroatoms. The third-order valence-corrected chi connectivity index (χ3v) is 6.08. The molecule has 0 N–H and O–H groups in total. The fraction of sp³-hybridized carbons (Fsp3) is 0.562. The molecule has 0 radical (unpaired) electrons. The number of rotatable bonds is 5. The van der Waals surface area contributed by atoms with Gasteiger partial charge in [-0.3, -0.25) is 0 Å². The Morgan fingerprint density at radius 1 is 1.35 bits per heavy atom. The van der Waals surface area contributed by atoms with Crippen LogP contribution in [0.2, 0.25) is 0 Å². The quantitative estimate of drug-likeness (QED) is 0.767. The molecule has 1 aliphatic heterocycles. The number of methoxy groups -OCH3 is 1. The van der Waals surface area contributed by atoms with Crippen LogP contribution in [0.25, 0.3) is 0 Å². The number of sulfonamides is 1. The van der Waals surface area contributed by atoms with Gasteiger partial charge in [-0.15, -0.1) is 0 Å². The molecule has 1 aromatic carbocycles. The third-order valence-electron chi connectivity index (χ3n) is 4.07. The van der Waals surface area contributed by atoms with Gasteiger partial charge in [0.15, 0.2) is 6.61 Å². The van der Waals surface area contributed by atoms with Crippen LogP contribution in [-0.4, -0.2) is 45.0 Å². The highest BCUT2D eigenvalue weighted by atomic mass is 32.2. The number of piperidine rings is 1. The minimum absolute atomic E-state index is 0.0179. The van der Waals surface area contributed by atoms with Crippen molar-refractivity contribution in [3.63, 3.8) is 0 Å². The number of nitrogens with zero attached hydrogens (tertiary/aromatic N) is 1. The predicted molar refractivity (Wildman–Crippen MR) is 85.9 cm³/mol. The molecule has 1 atom stereocenters. The van der Waals surface area contributed by atoms with Crippen molar-refractivity contribution in [2.75, 3.05) is 20.3 Å². The molecular formula is C16H23NO5S. The maximum Gasteiger partial charge on any atom is 0.343 e. The molecule has 0 saturated carbocycles. The first-order valence-corrected chi connectivity index (χ1v) is 9.12. The lowest BCUT2D eigenvalue weighted by Crippen LogP contribution is -2.41. The number of hydrogen-bond donors (Lipinski definition) is 0. The zero-order valence-electron chi connectivity index (χ0n) is 13.7. The van der Waals surface area contributed by atoms with E-state index in [2.05, 4.69) is 4.74 Å². The van der Waals surface area contributed by atoms with E-state index in [1.165, 1.54) is 13.2 Å². The van der Waals surface area contributed by atoms with E-state index in [-0.39, 0.29) is 17.5 Å². The molecule has 1 unspecified atom stereocenters. The van der Waals surface area contributed by atoms with Crippen LogP contribution in [0.4, 0.5) is 0 Å². The SMILES string of the molecule is COC(=O)COc1ccc(S(=O)(=O)N2CCCCC2C)cc1C. The first-order valence-electron chi connectivity index (χ1n) is 7.68. The second-order valence-electron chi connectivity index (χ2n) is 5.75. The number of aryl methyl sites for hydroxylation is 1. The zero-order chi connectivity index (χ0) is 17.0. The molecule has 2 rings (SSSR count). The lowest BCUT2D eigenvalue weighted by atomic mass is 10.1. The van der Waals surface area contributed by atoms with Crippen molar-refractivity contribution in [3.05, 3.63) is 23.8 Å². The molecule has 128 valence electrons. The summed E-state index contributed by atoms with van der Waals surface area (Å²) >= 11 is 0. The van der Waals surface area contributed by atoms with E-state index in [1.807, 2.05) is 6.92 Å². The second kappa shape index (κ2) is 7.31. The maximum absolute atomic E-state index is 12.8. The Morgan fingerprint density at radius 3 is 2.70 bits per heavy atom. The van der Waals surface area contributed by atoms with Crippen LogP contribution in [0.3, 0.4) is 0 Å². The smallest absolute Gasteiger partial charge is 0.343 e. The van der Waals surface area contributed by atoms with Gasteiger partial charge in [-0.05, 0) is 50.5 Å². The average molecular weight is 341 g/mol. The molecule has 23 heavy (non-hydrogen) atoms. The van der Waals surface area contributed by atoms with E-state index >= 15 is 0 Å². The summed E-state index contributed by atoms with van der Waals surface area (Å²) < 4.78 is 37.0. The third kappa shape index (κ3) is 4.03. The van der Waals surface area contributed by atoms with Crippen LogP contribution in [0.1, 0.15) is 31.7 Å². The number of esters is 1. The van der Waals surface area contributed by atoms with E-state index in [0.717, 1.165) is 19.3 Å². The van der Waals surface area contributed by atoms with Crippen molar-refractivity contribution in [3.8, 4) is 5.75 Å². The number of ether oxygens (including phenoxy) is 2. The molecule has 1 saturated heterocycles. The number of hydrogen-bond acceptors (Lipinski definition) is 5. The van der Waals surface area contributed by atoms with Crippen LogP contribution >= 0.6 is 0 Å². The summed E-state index contributed by atoms with van der Waals surface area (Å²) in [4.78, 5) is 11.4. The van der Waals surface area contributed by atoms with E-state index in [9.17, 15) is 13.2 Å². The van der Waals surface area contributed by atoms with Crippen LogP contribution in [0, 0.1) is 6.92 Å². The normalized spacial score (nSPS) is 19.3. The van der Waals surface area contributed by atoms with Gasteiger partial charge in [0.2, 0.25) is 10.0 Å². The summed E-state index contributed by atoms with van der Waals surface area (Å²) in [5, 5.41) is 0. The Labute approximate surface area is 137 Å². The van der Waals surface area contributed by atoms with Gasteiger partial charge in [-0.1, -0.05) is 6.42 Å². The van der Waals surface area contributed by atoms with Crippen molar-refractivity contribution < 1.29 is 22.7 Å². The van der Waals surface area contributed by atoms with Gasteiger partial charge in [0.1, 0.15) is 5.75 Å². The molecule has 1 heterocycles. The van der Waals surface area contributed by atoms with E-state index in [0.29, 0.717) is 17.9 Å². The van der Waals surface area contributed by atoms with Gasteiger partial charge < -0.3 is 9.47 Å². The fourth-order valence-electron chi connectivity index (χ4n) is 2.70. The van der Waals surface area contributed by atoms with Crippen LogP contribution in [0.15, 0.2) is 23.1 Å². The molecule has 0 amide bonds. The number of carbonyl (C=O) groups excluding carboxylic acids is 1. The largest absolute Gasteiger partial charge is 0.482 e.